The number of nitrogen functional groups attached to an aromatic ring is 1. The van der Waals surface area contributed by atoms with Crippen LogP contribution >= 0.6 is 0 Å². The zero-order valence-corrected chi connectivity index (χ0v) is 21.7. The largest absolute Gasteiger partial charge is 0.397 e. The summed E-state index contributed by atoms with van der Waals surface area (Å²) in [5.74, 6) is 0. The van der Waals surface area contributed by atoms with Gasteiger partial charge >= 0.3 is 0 Å². The Morgan fingerprint density at radius 1 is 0.889 bits per heavy atom. The Labute approximate surface area is 215 Å². The minimum absolute atomic E-state index is 0.313. The van der Waals surface area contributed by atoms with Gasteiger partial charge in [0.05, 0.1) is 29.0 Å². The fraction of sp³-hybridized carbons (Fsp3) is 0.290. The van der Waals surface area contributed by atoms with Crippen LogP contribution in [0.4, 0.5) is 5.69 Å². The number of benzene rings is 3. The molecule has 0 radical (unpaired) electrons. The number of rotatable bonds is 10. The highest BCUT2D eigenvalue weighted by atomic mass is 16.5. The first-order valence-corrected chi connectivity index (χ1v) is 12.6. The molecule has 0 aliphatic rings. The molecular formula is C31H38N4O. The summed E-state index contributed by atoms with van der Waals surface area (Å²) in [5, 5.41) is 4.85. The van der Waals surface area contributed by atoms with Gasteiger partial charge in [-0.25, -0.2) is 4.98 Å². The van der Waals surface area contributed by atoms with Gasteiger partial charge in [0.1, 0.15) is 0 Å². The van der Waals surface area contributed by atoms with Gasteiger partial charge in [-0.3, -0.25) is 4.99 Å². The van der Waals surface area contributed by atoms with Gasteiger partial charge in [0.2, 0.25) is 0 Å². The Bertz CT molecular complexity index is 1230. The number of fused-ring (bicyclic) bond motifs is 1. The fourth-order valence-electron chi connectivity index (χ4n) is 4.40. The predicted molar refractivity (Wildman–Crippen MR) is 153 cm³/mol. The fourth-order valence-corrected chi connectivity index (χ4v) is 4.40. The number of pyridine rings is 1. The third-order valence-electron chi connectivity index (χ3n) is 6.41. The minimum Gasteiger partial charge on any atom is -0.397 e. The molecule has 5 nitrogen and oxygen atoms in total. The molecule has 1 atom stereocenters. The molecule has 1 unspecified atom stereocenters. The minimum atomic E-state index is -0.313. The van der Waals surface area contributed by atoms with Crippen molar-refractivity contribution in [2.75, 3.05) is 25.5 Å². The topological polar surface area (TPSA) is 72.5 Å². The van der Waals surface area contributed by atoms with Gasteiger partial charge in [0, 0.05) is 36.3 Å². The van der Waals surface area contributed by atoms with E-state index in [0.717, 1.165) is 47.4 Å². The summed E-state index contributed by atoms with van der Waals surface area (Å²) in [6.45, 7) is 12.8. The summed E-state index contributed by atoms with van der Waals surface area (Å²) in [4.78, 5) is 9.14. The average molecular weight is 483 g/mol. The van der Waals surface area contributed by atoms with E-state index in [4.69, 9.17) is 15.5 Å². The van der Waals surface area contributed by atoms with Crippen LogP contribution in [0.2, 0.25) is 0 Å². The molecule has 0 saturated heterocycles. The lowest BCUT2D eigenvalue weighted by Crippen LogP contribution is -2.44. The van der Waals surface area contributed by atoms with Crippen molar-refractivity contribution in [2.24, 2.45) is 4.99 Å². The van der Waals surface area contributed by atoms with Gasteiger partial charge in [-0.05, 0) is 38.6 Å². The van der Waals surface area contributed by atoms with Crippen molar-refractivity contribution in [3.8, 4) is 11.3 Å². The number of nitrogens with zero attached hydrogens (tertiary/aromatic N) is 2. The van der Waals surface area contributed by atoms with E-state index in [0.29, 0.717) is 18.8 Å². The number of aromatic nitrogens is 1. The summed E-state index contributed by atoms with van der Waals surface area (Å²) in [6, 6.07) is 28.7. The summed E-state index contributed by atoms with van der Waals surface area (Å²) in [7, 11) is 0. The molecule has 188 valence electrons. The third-order valence-corrected chi connectivity index (χ3v) is 6.41. The summed E-state index contributed by atoms with van der Waals surface area (Å²) in [6.07, 6.45) is 0.879. The highest BCUT2D eigenvalue weighted by Gasteiger charge is 2.30. The van der Waals surface area contributed by atoms with Crippen molar-refractivity contribution in [1.29, 1.82) is 0 Å². The molecule has 4 rings (SSSR count). The zero-order chi connectivity index (χ0) is 25.8. The van der Waals surface area contributed by atoms with Gasteiger partial charge in [-0.15, -0.1) is 0 Å². The van der Waals surface area contributed by atoms with E-state index in [9.17, 15) is 0 Å². The van der Waals surface area contributed by atoms with Crippen LogP contribution in [0.1, 0.15) is 38.3 Å². The van der Waals surface area contributed by atoms with Gasteiger partial charge in [-0.1, -0.05) is 85.8 Å². The second-order valence-corrected chi connectivity index (χ2v) is 8.55. The summed E-state index contributed by atoms with van der Waals surface area (Å²) < 4.78 is 4.83. The first kappa shape index (κ1) is 27.1. The molecule has 36 heavy (non-hydrogen) atoms. The zero-order valence-electron chi connectivity index (χ0n) is 21.7. The number of nitrogens with two attached hydrogens (primary N) is 1. The van der Waals surface area contributed by atoms with Crippen LogP contribution in [0.15, 0.2) is 89.9 Å². The van der Waals surface area contributed by atoms with Crippen molar-refractivity contribution < 1.29 is 4.74 Å². The number of aliphatic imine (C=N–C) groups is 1. The van der Waals surface area contributed by atoms with Crippen LogP contribution in [0.3, 0.4) is 0 Å². The number of hydrogen-bond donors (Lipinski definition) is 2. The molecular weight excluding hydrogens is 444 g/mol. The van der Waals surface area contributed by atoms with E-state index in [-0.39, 0.29) is 5.54 Å². The van der Waals surface area contributed by atoms with Crippen molar-refractivity contribution >= 4 is 23.3 Å². The van der Waals surface area contributed by atoms with Crippen LogP contribution < -0.4 is 11.1 Å². The molecule has 0 aliphatic heterocycles. The van der Waals surface area contributed by atoms with E-state index in [1.54, 1.807) is 0 Å². The van der Waals surface area contributed by atoms with E-state index < -0.39 is 0 Å². The van der Waals surface area contributed by atoms with E-state index >= 15 is 0 Å². The first-order valence-electron chi connectivity index (χ1n) is 12.6. The van der Waals surface area contributed by atoms with Crippen molar-refractivity contribution in [3.05, 3.63) is 96.1 Å². The lowest BCUT2D eigenvalue weighted by molar-refractivity contribution is 0.162. The molecule has 0 spiro atoms. The van der Waals surface area contributed by atoms with Crippen LogP contribution in [0, 0.1) is 0 Å². The van der Waals surface area contributed by atoms with Gasteiger partial charge in [-0.2, -0.15) is 0 Å². The highest BCUT2D eigenvalue weighted by Crippen LogP contribution is 2.34. The maximum absolute atomic E-state index is 6.73. The Balaban J connectivity index is 0.000000658. The third kappa shape index (κ3) is 6.36. The molecule has 0 aliphatic carbocycles. The SMILES string of the molecule is C=NCC(CC)(NCc1c(N)c(-c2ccccc2)nc2ccccc12)c1ccccc1.CCOCC. The highest BCUT2D eigenvalue weighted by molar-refractivity contribution is 5.92. The molecule has 4 aromatic rings. The average Bonchev–Trinajstić information content (AvgIpc) is 2.93. The number of para-hydroxylation sites is 1. The van der Waals surface area contributed by atoms with E-state index in [2.05, 4.69) is 54.3 Å². The Morgan fingerprint density at radius 3 is 2.08 bits per heavy atom. The van der Waals surface area contributed by atoms with Gasteiger partial charge < -0.3 is 15.8 Å². The number of anilines is 1. The summed E-state index contributed by atoms with van der Waals surface area (Å²) in [5.41, 5.74) is 12.2. The van der Waals surface area contributed by atoms with Crippen molar-refractivity contribution in [3.63, 3.8) is 0 Å². The Morgan fingerprint density at radius 2 is 1.50 bits per heavy atom. The van der Waals surface area contributed by atoms with Crippen LogP contribution in [-0.2, 0) is 16.8 Å². The van der Waals surface area contributed by atoms with Gasteiger partial charge in [0.25, 0.3) is 0 Å². The Kier molecular flexibility index (Phi) is 10.2. The normalized spacial score (nSPS) is 12.4. The van der Waals surface area contributed by atoms with Gasteiger partial charge in [0.15, 0.2) is 0 Å². The number of nitrogens with one attached hydrogen (secondary N) is 1. The smallest absolute Gasteiger partial charge is 0.0942 e. The molecule has 3 aromatic carbocycles. The molecule has 5 heteroatoms. The summed E-state index contributed by atoms with van der Waals surface area (Å²) >= 11 is 0. The van der Waals surface area contributed by atoms with Crippen LogP contribution in [0.25, 0.3) is 22.2 Å². The molecule has 0 saturated carbocycles. The quantitative estimate of drug-likeness (QED) is 0.249. The van der Waals surface area contributed by atoms with Crippen molar-refractivity contribution in [2.45, 2.75) is 39.3 Å². The first-order chi connectivity index (χ1) is 17.6. The second-order valence-electron chi connectivity index (χ2n) is 8.55. The molecule has 3 N–H and O–H groups in total. The molecule has 0 bridgehead atoms. The molecule has 1 aromatic heterocycles. The van der Waals surface area contributed by atoms with Crippen molar-refractivity contribution in [1.82, 2.24) is 10.3 Å². The maximum atomic E-state index is 6.73. The van der Waals surface area contributed by atoms with E-state index in [1.165, 1.54) is 5.56 Å². The van der Waals surface area contributed by atoms with Crippen LogP contribution in [-0.4, -0.2) is 31.5 Å². The lowest BCUT2D eigenvalue weighted by Gasteiger charge is -2.34. The second kappa shape index (κ2) is 13.5. The number of ether oxygens (including phenoxy) is 1. The predicted octanol–water partition coefficient (Wildman–Crippen LogP) is 6.62. The monoisotopic (exact) mass is 482 g/mol. The van der Waals surface area contributed by atoms with E-state index in [1.807, 2.05) is 68.4 Å². The molecule has 1 heterocycles. The lowest BCUT2D eigenvalue weighted by atomic mass is 9.86. The van der Waals surface area contributed by atoms with Crippen LogP contribution in [0.5, 0.6) is 0 Å². The Hall–Kier alpha value is -3.54. The standard InChI is InChI=1S/C27H28N4.C4H10O/c1-3-27(19-29-2,21-14-8-5-9-15-21)30-18-23-22-16-10-11-17-24(22)31-26(25(23)28)20-12-6-4-7-13-20;1-3-5-4-2/h4-17,30H,2-3,18-19,28H2,1H3;3-4H2,1-2H3. The number of hydrogen-bond acceptors (Lipinski definition) is 5. The molecule has 0 fully saturated rings. The maximum Gasteiger partial charge on any atom is 0.0942 e. The molecule has 0 amide bonds.